The number of hydrogen-bond donors (Lipinski definition) is 1. The van der Waals surface area contributed by atoms with Crippen LogP contribution < -0.4 is 5.32 Å². The first-order chi connectivity index (χ1) is 9.37. The molecule has 1 aliphatic rings. The smallest absolute Gasteiger partial charge is 0.0596 e. The quantitative estimate of drug-likeness (QED) is 0.687. The van der Waals surface area contributed by atoms with E-state index in [0.717, 1.165) is 26.2 Å². The number of piperazine rings is 1. The van der Waals surface area contributed by atoms with Gasteiger partial charge in [0, 0.05) is 52.4 Å². The van der Waals surface area contributed by atoms with Gasteiger partial charge in [-0.1, -0.05) is 20.8 Å². The standard InChI is InChI=1S/C16H35N3O/c1-15(2)20-13-12-19-10-8-18(9-11-19)7-6-17-14-16(3,4)5/h15,17H,6-14H2,1-5H3. The highest BCUT2D eigenvalue weighted by Gasteiger charge is 2.16. The molecule has 1 saturated heterocycles. The van der Waals surface area contributed by atoms with Gasteiger partial charge in [-0.2, -0.15) is 0 Å². The maximum absolute atomic E-state index is 5.62. The summed E-state index contributed by atoms with van der Waals surface area (Å²) in [5.41, 5.74) is 0.384. The third kappa shape index (κ3) is 8.90. The van der Waals surface area contributed by atoms with Crippen LogP contribution in [0.3, 0.4) is 0 Å². The van der Waals surface area contributed by atoms with Crippen LogP contribution in [0.25, 0.3) is 0 Å². The Morgan fingerprint density at radius 1 is 1.00 bits per heavy atom. The van der Waals surface area contributed by atoms with Gasteiger partial charge in [0.1, 0.15) is 0 Å². The zero-order valence-electron chi connectivity index (χ0n) is 14.2. The summed E-state index contributed by atoms with van der Waals surface area (Å²) in [6.07, 6.45) is 0.352. The summed E-state index contributed by atoms with van der Waals surface area (Å²) in [6, 6.07) is 0. The van der Waals surface area contributed by atoms with Gasteiger partial charge in [0.05, 0.1) is 12.7 Å². The Morgan fingerprint density at radius 2 is 1.55 bits per heavy atom. The lowest BCUT2D eigenvalue weighted by molar-refractivity contribution is 0.0449. The molecule has 0 amide bonds. The molecule has 0 aliphatic carbocycles. The van der Waals surface area contributed by atoms with Crippen LogP contribution in [0.2, 0.25) is 0 Å². The molecule has 0 radical (unpaired) electrons. The van der Waals surface area contributed by atoms with Crippen molar-refractivity contribution in [1.29, 1.82) is 0 Å². The molecular weight excluding hydrogens is 250 g/mol. The lowest BCUT2D eigenvalue weighted by atomic mass is 9.97. The van der Waals surface area contributed by atoms with E-state index < -0.39 is 0 Å². The third-order valence-corrected chi connectivity index (χ3v) is 3.58. The second kappa shape index (κ2) is 8.98. The summed E-state index contributed by atoms with van der Waals surface area (Å²) >= 11 is 0. The van der Waals surface area contributed by atoms with Crippen LogP contribution in [0, 0.1) is 5.41 Å². The monoisotopic (exact) mass is 285 g/mol. The van der Waals surface area contributed by atoms with Crippen LogP contribution in [-0.2, 0) is 4.74 Å². The molecule has 0 aromatic carbocycles. The van der Waals surface area contributed by atoms with Crippen LogP contribution >= 0.6 is 0 Å². The predicted molar refractivity (Wildman–Crippen MR) is 86.3 cm³/mol. The molecule has 1 heterocycles. The molecule has 4 heteroatoms. The molecular formula is C16H35N3O. The van der Waals surface area contributed by atoms with Gasteiger partial charge in [0.15, 0.2) is 0 Å². The normalized spacial score (nSPS) is 18.9. The Morgan fingerprint density at radius 3 is 2.05 bits per heavy atom. The summed E-state index contributed by atoms with van der Waals surface area (Å²) in [7, 11) is 0. The largest absolute Gasteiger partial charge is 0.377 e. The summed E-state index contributed by atoms with van der Waals surface area (Å²) < 4.78 is 5.62. The zero-order chi connectivity index (χ0) is 15.0. The third-order valence-electron chi connectivity index (χ3n) is 3.58. The SMILES string of the molecule is CC(C)OCCN1CCN(CCNCC(C)(C)C)CC1. The number of rotatable bonds is 8. The average molecular weight is 285 g/mol. The molecule has 0 atom stereocenters. The van der Waals surface area contributed by atoms with Crippen LogP contribution in [0.5, 0.6) is 0 Å². The van der Waals surface area contributed by atoms with E-state index in [0.29, 0.717) is 11.5 Å². The van der Waals surface area contributed by atoms with Crippen molar-refractivity contribution in [3.05, 3.63) is 0 Å². The van der Waals surface area contributed by atoms with Crippen LogP contribution in [-0.4, -0.2) is 74.9 Å². The number of hydrogen-bond acceptors (Lipinski definition) is 4. The van der Waals surface area contributed by atoms with Crippen molar-refractivity contribution in [3.63, 3.8) is 0 Å². The fraction of sp³-hybridized carbons (Fsp3) is 1.00. The zero-order valence-corrected chi connectivity index (χ0v) is 14.2. The van der Waals surface area contributed by atoms with E-state index in [1.165, 1.54) is 32.7 Å². The second-order valence-corrected chi connectivity index (χ2v) is 7.34. The van der Waals surface area contributed by atoms with Gasteiger partial charge in [0.25, 0.3) is 0 Å². The Hall–Kier alpha value is -0.160. The molecule has 0 saturated carbocycles. The molecule has 0 unspecified atom stereocenters. The van der Waals surface area contributed by atoms with Crippen molar-refractivity contribution in [2.75, 3.05) is 59.0 Å². The van der Waals surface area contributed by atoms with E-state index in [2.05, 4.69) is 49.7 Å². The second-order valence-electron chi connectivity index (χ2n) is 7.34. The minimum atomic E-state index is 0.352. The van der Waals surface area contributed by atoms with Gasteiger partial charge < -0.3 is 10.1 Å². The van der Waals surface area contributed by atoms with Crippen LogP contribution in [0.1, 0.15) is 34.6 Å². The summed E-state index contributed by atoms with van der Waals surface area (Å²) in [5.74, 6) is 0. The lowest BCUT2D eigenvalue weighted by Gasteiger charge is -2.35. The van der Waals surface area contributed by atoms with Gasteiger partial charge in [-0.05, 0) is 19.3 Å². The van der Waals surface area contributed by atoms with Crippen LogP contribution in [0.4, 0.5) is 0 Å². The highest BCUT2D eigenvalue weighted by molar-refractivity contribution is 4.73. The maximum Gasteiger partial charge on any atom is 0.0596 e. The fourth-order valence-electron chi connectivity index (χ4n) is 2.35. The first kappa shape index (κ1) is 17.9. The first-order valence-corrected chi connectivity index (χ1v) is 8.14. The van der Waals surface area contributed by atoms with Crippen molar-refractivity contribution in [2.24, 2.45) is 5.41 Å². The van der Waals surface area contributed by atoms with Gasteiger partial charge in [-0.15, -0.1) is 0 Å². The van der Waals surface area contributed by atoms with Crippen molar-refractivity contribution in [1.82, 2.24) is 15.1 Å². The molecule has 120 valence electrons. The molecule has 0 aromatic rings. The Kier molecular flexibility index (Phi) is 8.03. The lowest BCUT2D eigenvalue weighted by Crippen LogP contribution is -2.49. The molecule has 0 aromatic heterocycles. The number of ether oxygens (including phenoxy) is 1. The molecule has 4 nitrogen and oxygen atoms in total. The van der Waals surface area contributed by atoms with E-state index in [9.17, 15) is 0 Å². The van der Waals surface area contributed by atoms with E-state index in [1.54, 1.807) is 0 Å². The van der Waals surface area contributed by atoms with Crippen molar-refractivity contribution in [2.45, 2.75) is 40.7 Å². The minimum absolute atomic E-state index is 0.352. The highest BCUT2D eigenvalue weighted by atomic mass is 16.5. The molecule has 20 heavy (non-hydrogen) atoms. The Labute approximate surface area is 125 Å². The highest BCUT2D eigenvalue weighted by Crippen LogP contribution is 2.10. The van der Waals surface area contributed by atoms with Crippen molar-refractivity contribution >= 4 is 0 Å². The van der Waals surface area contributed by atoms with Crippen molar-refractivity contribution < 1.29 is 4.74 Å². The predicted octanol–water partition coefficient (Wildman–Crippen LogP) is 1.66. The topological polar surface area (TPSA) is 27.7 Å². The number of nitrogens with one attached hydrogen (secondary N) is 1. The molecule has 1 fully saturated rings. The fourth-order valence-corrected chi connectivity index (χ4v) is 2.35. The first-order valence-electron chi connectivity index (χ1n) is 8.14. The maximum atomic E-state index is 5.62. The van der Waals surface area contributed by atoms with Crippen molar-refractivity contribution in [3.8, 4) is 0 Å². The van der Waals surface area contributed by atoms with Gasteiger partial charge in [0.2, 0.25) is 0 Å². The van der Waals surface area contributed by atoms with Gasteiger partial charge in [-0.3, -0.25) is 9.80 Å². The van der Waals surface area contributed by atoms with E-state index in [4.69, 9.17) is 4.74 Å². The molecule has 1 rings (SSSR count). The van der Waals surface area contributed by atoms with E-state index in [-0.39, 0.29) is 0 Å². The average Bonchev–Trinajstić information content (AvgIpc) is 2.35. The van der Waals surface area contributed by atoms with E-state index >= 15 is 0 Å². The summed E-state index contributed by atoms with van der Waals surface area (Å²) in [5, 5.41) is 3.56. The van der Waals surface area contributed by atoms with E-state index in [1.807, 2.05) is 0 Å². The molecule has 0 bridgehead atoms. The summed E-state index contributed by atoms with van der Waals surface area (Å²) in [4.78, 5) is 5.08. The van der Waals surface area contributed by atoms with Gasteiger partial charge in [-0.25, -0.2) is 0 Å². The van der Waals surface area contributed by atoms with Crippen LogP contribution in [0.15, 0.2) is 0 Å². The molecule has 0 spiro atoms. The molecule has 1 aliphatic heterocycles. The summed E-state index contributed by atoms with van der Waals surface area (Å²) in [6.45, 7) is 21.1. The Bertz CT molecular complexity index is 243. The minimum Gasteiger partial charge on any atom is -0.377 e. The molecule has 1 N–H and O–H groups in total. The Balaban J connectivity index is 2.01. The number of nitrogens with zero attached hydrogens (tertiary/aromatic N) is 2. The van der Waals surface area contributed by atoms with Gasteiger partial charge >= 0.3 is 0 Å².